The van der Waals surface area contributed by atoms with Gasteiger partial charge in [-0.2, -0.15) is 0 Å². The Kier molecular flexibility index (Phi) is 5.41. The monoisotopic (exact) mass is 382 g/mol. The highest BCUT2D eigenvalue weighted by Gasteiger charge is 2.38. The minimum absolute atomic E-state index is 0.0155. The lowest BCUT2D eigenvalue weighted by molar-refractivity contribution is -0.128. The van der Waals surface area contributed by atoms with Gasteiger partial charge >= 0.3 is 0 Å². The second-order valence-corrected chi connectivity index (χ2v) is 7.19. The van der Waals surface area contributed by atoms with E-state index in [4.69, 9.17) is 4.42 Å². The molecule has 0 radical (unpaired) electrons. The molecule has 1 saturated heterocycles. The fourth-order valence-corrected chi connectivity index (χ4v) is 4.01. The van der Waals surface area contributed by atoms with E-state index < -0.39 is 0 Å². The predicted octanol–water partition coefficient (Wildman–Crippen LogP) is 3.34. The van der Waals surface area contributed by atoms with E-state index in [0.717, 1.165) is 51.5 Å². The normalized spacial score (nSPS) is 26.3. The third-order valence-electron chi connectivity index (χ3n) is 4.89. The number of hydrogen-bond acceptors (Lipinski definition) is 3. The van der Waals surface area contributed by atoms with Crippen LogP contribution in [0.25, 0.3) is 0 Å². The summed E-state index contributed by atoms with van der Waals surface area (Å²) in [6.07, 6.45) is 6.84. The van der Waals surface area contributed by atoms with Crippen LogP contribution >= 0.6 is 15.9 Å². The largest absolute Gasteiger partial charge is 0.444 e. The molecule has 0 bridgehead atoms. The van der Waals surface area contributed by atoms with Crippen LogP contribution in [0.1, 0.15) is 55.5 Å². The van der Waals surface area contributed by atoms with Crippen molar-refractivity contribution in [1.29, 1.82) is 0 Å². The first-order valence-corrected chi connectivity index (χ1v) is 9.30. The van der Waals surface area contributed by atoms with Crippen molar-refractivity contribution in [2.75, 3.05) is 13.1 Å². The highest BCUT2D eigenvalue weighted by Crippen LogP contribution is 2.31. The quantitative estimate of drug-likeness (QED) is 0.809. The van der Waals surface area contributed by atoms with Crippen molar-refractivity contribution in [3.05, 3.63) is 22.6 Å². The third-order valence-corrected chi connectivity index (χ3v) is 5.31. The first-order chi connectivity index (χ1) is 11.2. The van der Waals surface area contributed by atoms with Gasteiger partial charge in [-0.05, 0) is 60.2 Å². The summed E-state index contributed by atoms with van der Waals surface area (Å²) in [7, 11) is 0. The van der Waals surface area contributed by atoms with Gasteiger partial charge in [0.05, 0.1) is 5.92 Å². The lowest BCUT2D eigenvalue weighted by Crippen LogP contribution is -2.51. The highest BCUT2D eigenvalue weighted by atomic mass is 79.9. The first kappa shape index (κ1) is 16.6. The number of fused-ring (bicyclic) bond motifs is 1. The standard InChI is InChI=1S/C17H23BrN2O3/c18-15-9-8-14(23-15)17(22)20-11-5-1-4-10-19-16(21)12-6-2-3-7-13(12)20/h8-9,12-13H,1-7,10-11H2,(H,19,21)/t12-,13+/m1/s1. The van der Waals surface area contributed by atoms with Gasteiger partial charge in [0.2, 0.25) is 5.91 Å². The van der Waals surface area contributed by atoms with Crippen molar-refractivity contribution in [3.8, 4) is 0 Å². The van der Waals surface area contributed by atoms with Gasteiger partial charge in [0.1, 0.15) is 0 Å². The van der Waals surface area contributed by atoms with Crippen LogP contribution in [-0.2, 0) is 4.79 Å². The molecule has 1 aliphatic carbocycles. The molecule has 1 aromatic rings. The second kappa shape index (κ2) is 7.51. The number of amides is 2. The topological polar surface area (TPSA) is 62.6 Å². The Morgan fingerprint density at radius 1 is 1.17 bits per heavy atom. The van der Waals surface area contributed by atoms with Gasteiger partial charge in [0.15, 0.2) is 10.4 Å². The Hall–Kier alpha value is -1.30. The Labute approximate surface area is 144 Å². The van der Waals surface area contributed by atoms with Crippen LogP contribution in [0.2, 0.25) is 0 Å². The van der Waals surface area contributed by atoms with Gasteiger partial charge < -0.3 is 14.6 Å². The summed E-state index contributed by atoms with van der Waals surface area (Å²) in [6, 6.07) is 3.42. The number of carbonyl (C=O) groups is 2. The number of carbonyl (C=O) groups excluding carboxylic acids is 2. The van der Waals surface area contributed by atoms with Gasteiger partial charge in [0, 0.05) is 19.1 Å². The molecule has 1 aliphatic heterocycles. The minimum atomic E-state index is -0.0963. The molecule has 2 aliphatic rings. The molecule has 1 aromatic heterocycles. The summed E-state index contributed by atoms with van der Waals surface area (Å²) in [4.78, 5) is 27.3. The molecule has 2 heterocycles. The van der Waals surface area contributed by atoms with Gasteiger partial charge in [0.25, 0.3) is 5.91 Å². The number of nitrogens with zero attached hydrogens (tertiary/aromatic N) is 1. The van der Waals surface area contributed by atoms with Crippen molar-refractivity contribution in [2.24, 2.45) is 5.92 Å². The Morgan fingerprint density at radius 3 is 2.78 bits per heavy atom. The molecule has 2 atom stereocenters. The fourth-order valence-electron chi connectivity index (χ4n) is 3.71. The number of hydrogen-bond donors (Lipinski definition) is 1. The molecule has 23 heavy (non-hydrogen) atoms. The number of rotatable bonds is 1. The lowest BCUT2D eigenvalue weighted by atomic mass is 9.82. The van der Waals surface area contributed by atoms with Crippen molar-refractivity contribution < 1.29 is 14.0 Å². The Balaban J connectivity index is 1.86. The van der Waals surface area contributed by atoms with E-state index in [-0.39, 0.29) is 23.8 Å². The molecular weight excluding hydrogens is 360 g/mol. The van der Waals surface area contributed by atoms with E-state index >= 15 is 0 Å². The summed E-state index contributed by atoms with van der Waals surface area (Å²) in [5, 5.41) is 3.05. The van der Waals surface area contributed by atoms with Crippen molar-refractivity contribution in [3.63, 3.8) is 0 Å². The van der Waals surface area contributed by atoms with E-state index in [1.165, 1.54) is 0 Å². The smallest absolute Gasteiger partial charge is 0.289 e. The molecule has 2 fully saturated rings. The highest BCUT2D eigenvalue weighted by molar-refractivity contribution is 9.10. The van der Waals surface area contributed by atoms with E-state index in [1.807, 2.05) is 4.90 Å². The zero-order valence-electron chi connectivity index (χ0n) is 13.2. The maximum Gasteiger partial charge on any atom is 0.289 e. The molecule has 3 rings (SSSR count). The molecule has 6 heteroatoms. The van der Waals surface area contributed by atoms with Crippen molar-refractivity contribution in [1.82, 2.24) is 10.2 Å². The van der Waals surface area contributed by atoms with Crippen molar-refractivity contribution in [2.45, 2.75) is 51.0 Å². The summed E-state index contributed by atoms with van der Waals surface area (Å²) < 4.78 is 6.01. The van der Waals surface area contributed by atoms with E-state index in [2.05, 4.69) is 21.2 Å². The van der Waals surface area contributed by atoms with Gasteiger partial charge in [-0.25, -0.2) is 0 Å². The average Bonchev–Trinajstić information content (AvgIpc) is 3.00. The van der Waals surface area contributed by atoms with Crippen LogP contribution in [0.5, 0.6) is 0 Å². The number of halogens is 1. The van der Waals surface area contributed by atoms with Crippen LogP contribution in [0, 0.1) is 5.92 Å². The third kappa shape index (κ3) is 3.79. The SMILES string of the molecule is O=C1NCCCCCN(C(=O)c2ccc(Br)o2)[C@H]2CCCC[C@@H]12. The molecule has 0 spiro atoms. The van der Waals surface area contributed by atoms with Crippen LogP contribution in [0.15, 0.2) is 21.2 Å². The summed E-state index contributed by atoms with van der Waals surface area (Å²) in [6.45, 7) is 1.45. The van der Waals surface area contributed by atoms with E-state index in [0.29, 0.717) is 17.0 Å². The van der Waals surface area contributed by atoms with Crippen LogP contribution in [0.3, 0.4) is 0 Å². The molecule has 1 N–H and O–H groups in total. The summed E-state index contributed by atoms with van der Waals surface area (Å²) in [5.41, 5.74) is 0. The molecule has 0 unspecified atom stereocenters. The lowest BCUT2D eigenvalue weighted by Gasteiger charge is -2.39. The first-order valence-electron chi connectivity index (χ1n) is 8.51. The molecule has 126 valence electrons. The van der Waals surface area contributed by atoms with Gasteiger partial charge in [-0.1, -0.05) is 12.8 Å². The predicted molar refractivity (Wildman–Crippen MR) is 90.1 cm³/mol. The van der Waals surface area contributed by atoms with Gasteiger partial charge in [-0.15, -0.1) is 0 Å². The van der Waals surface area contributed by atoms with Crippen LogP contribution in [0.4, 0.5) is 0 Å². The molecule has 0 aromatic carbocycles. The minimum Gasteiger partial charge on any atom is -0.444 e. The summed E-state index contributed by atoms with van der Waals surface area (Å²) >= 11 is 3.25. The molecule has 1 saturated carbocycles. The second-order valence-electron chi connectivity index (χ2n) is 6.41. The van der Waals surface area contributed by atoms with Crippen LogP contribution in [-0.4, -0.2) is 35.8 Å². The van der Waals surface area contributed by atoms with Crippen LogP contribution < -0.4 is 5.32 Å². The summed E-state index contributed by atoms with van der Waals surface area (Å²) in [5.74, 6) is 0.263. The Morgan fingerprint density at radius 2 is 2.00 bits per heavy atom. The molecular formula is C17H23BrN2O3. The van der Waals surface area contributed by atoms with E-state index in [1.54, 1.807) is 12.1 Å². The maximum absolute atomic E-state index is 12.9. The number of nitrogens with one attached hydrogen (secondary N) is 1. The zero-order valence-corrected chi connectivity index (χ0v) is 14.8. The van der Waals surface area contributed by atoms with Gasteiger partial charge in [-0.3, -0.25) is 9.59 Å². The molecule has 5 nitrogen and oxygen atoms in total. The average molecular weight is 383 g/mol. The zero-order chi connectivity index (χ0) is 16.2. The van der Waals surface area contributed by atoms with E-state index in [9.17, 15) is 9.59 Å². The Bertz CT molecular complexity index is 572. The number of furan rings is 1. The molecule has 2 amide bonds. The fraction of sp³-hybridized carbons (Fsp3) is 0.647. The van der Waals surface area contributed by atoms with Crippen molar-refractivity contribution >= 4 is 27.7 Å². The maximum atomic E-state index is 12.9.